The quantitative estimate of drug-likeness (QED) is 0.0400. The summed E-state index contributed by atoms with van der Waals surface area (Å²) in [7, 11) is 0. The smallest absolute Gasteiger partial charge is 0.244 e. The fourth-order valence-electron chi connectivity index (χ4n) is 4.88. The maximum Gasteiger partial charge on any atom is 0.244 e. The normalized spacial score (nSPS) is 14.1. The van der Waals surface area contributed by atoms with Crippen LogP contribution in [0.15, 0.2) is 54.8 Å². The Bertz CT molecular complexity index is 1400. The molecule has 0 fully saturated rings. The van der Waals surface area contributed by atoms with Crippen molar-refractivity contribution in [3.05, 3.63) is 60.3 Å². The molecule has 0 radical (unpaired) electrons. The van der Waals surface area contributed by atoms with E-state index in [2.05, 4.69) is 33.2 Å². The van der Waals surface area contributed by atoms with Gasteiger partial charge in [-0.2, -0.15) is 0 Å². The molecule has 0 aliphatic heterocycles. The van der Waals surface area contributed by atoms with Crippen molar-refractivity contribution < 1.29 is 39.3 Å². The molecule has 2 aromatic rings. The van der Waals surface area contributed by atoms with E-state index >= 15 is 0 Å². The standard InChI is InChI=1S/C35H51N5O8/c1-4-5-6-7-8-9-10-15-32(46)39-28(22-42)29(43)18-33(47)40-34(23(2)3)35(48)38-24(21-41)16-17-31(45)37-20-30(44)26-19-36-27-14-12-11-13-25(26)27/h9-14,16-17,19,23-24,28-29,34,36,41-43H,4-8,15,18,20-22H2,1-3H3,(H,37,45)(H,38,48)(H,39,46)(H,40,47). The zero-order chi connectivity index (χ0) is 35.5. The number of aromatic nitrogens is 1. The number of hydrogen-bond acceptors (Lipinski definition) is 8. The third-order valence-corrected chi connectivity index (χ3v) is 7.68. The van der Waals surface area contributed by atoms with Gasteiger partial charge in [-0.15, -0.1) is 0 Å². The van der Waals surface area contributed by atoms with E-state index in [1.54, 1.807) is 32.2 Å². The number of nitrogens with one attached hydrogen (secondary N) is 5. The fourth-order valence-corrected chi connectivity index (χ4v) is 4.88. The molecule has 0 bridgehead atoms. The first kappa shape index (κ1) is 39.8. The summed E-state index contributed by atoms with van der Waals surface area (Å²) >= 11 is 0. The van der Waals surface area contributed by atoms with Crippen LogP contribution in [-0.4, -0.2) is 93.7 Å². The molecule has 4 atom stereocenters. The molecule has 0 spiro atoms. The summed E-state index contributed by atoms with van der Waals surface area (Å²) in [6, 6.07) is 4.16. The molecule has 0 aliphatic carbocycles. The lowest BCUT2D eigenvalue weighted by atomic mass is 10.0. The van der Waals surface area contributed by atoms with E-state index < -0.39 is 73.4 Å². The van der Waals surface area contributed by atoms with Gasteiger partial charge in [0.15, 0.2) is 5.78 Å². The van der Waals surface area contributed by atoms with Crippen LogP contribution in [0, 0.1) is 5.92 Å². The van der Waals surface area contributed by atoms with E-state index in [0.29, 0.717) is 5.56 Å². The molecule has 0 saturated heterocycles. The molecule has 1 aromatic heterocycles. The van der Waals surface area contributed by atoms with Crippen molar-refractivity contribution in [3.8, 4) is 0 Å². The Morgan fingerprint density at radius 3 is 2.35 bits per heavy atom. The number of Topliss-reactive ketones (excluding diaryl/α,β-unsaturated/α-hetero) is 1. The van der Waals surface area contributed by atoms with E-state index in [-0.39, 0.29) is 18.7 Å². The van der Waals surface area contributed by atoms with Crippen molar-refractivity contribution in [2.24, 2.45) is 5.92 Å². The predicted molar refractivity (Wildman–Crippen MR) is 183 cm³/mol. The molecule has 0 aliphatic rings. The van der Waals surface area contributed by atoms with Crippen LogP contribution >= 0.6 is 0 Å². The van der Waals surface area contributed by atoms with Gasteiger partial charge in [-0.05, 0) is 24.8 Å². The Kier molecular flexibility index (Phi) is 17.9. The molecule has 48 heavy (non-hydrogen) atoms. The maximum atomic E-state index is 13.0. The van der Waals surface area contributed by atoms with Gasteiger partial charge in [0.25, 0.3) is 0 Å². The van der Waals surface area contributed by atoms with Crippen molar-refractivity contribution in [2.45, 2.75) is 89.9 Å². The number of aliphatic hydroxyl groups is 3. The molecular formula is C35H51N5O8. The van der Waals surface area contributed by atoms with Crippen molar-refractivity contribution in [2.75, 3.05) is 19.8 Å². The summed E-state index contributed by atoms with van der Waals surface area (Å²) in [4.78, 5) is 66.0. The van der Waals surface area contributed by atoms with Crippen molar-refractivity contribution in [1.82, 2.24) is 26.3 Å². The minimum Gasteiger partial charge on any atom is -0.394 e. The summed E-state index contributed by atoms with van der Waals surface area (Å²) < 4.78 is 0. The molecule has 2 rings (SSSR count). The van der Waals surface area contributed by atoms with Gasteiger partial charge in [-0.3, -0.25) is 24.0 Å². The van der Waals surface area contributed by atoms with Crippen LogP contribution in [0.4, 0.5) is 0 Å². The van der Waals surface area contributed by atoms with Gasteiger partial charge in [0.2, 0.25) is 23.6 Å². The molecule has 4 amide bonds. The minimum atomic E-state index is -1.41. The number of unbranched alkanes of at least 4 members (excludes halogenated alkanes) is 4. The number of H-pyrrole nitrogens is 1. The molecule has 0 saturated carbocycles. The highest BCUT2D eigenvalue weighted by atomic mass is 16.3. The molecule has 13 nitrogen and oxygen atoms in total. The van der Waals surface area contributed by atoms with Gasteiger partial charge in [0.1, 0.15) is 6.04 Å². The molecule has 13 heteroatoms. The van der Waals surface area contributed by atoms with Crippen LogP contribution in [0.1, 0.15) is 76.1 Å². The van der Waals surface area contributed by atoms with Gasteiger partial charge >= 0.3 is 0 Å². The van der Waals surface area contributed by atoms with E-state index in [4.69, 9.17) is 0 Å². The number of carbonyl (C=O) groups is 5. The zero-order valence-corrected chi connectivity index (χ0v) is 28.0. The molecular weight excluding hydrogens is 618 g/mol. The van der Waals surface area contributed by atoms with Gasteiger partial charge < -0.3 is 41.6 Å². The van der Waals surface area contributed by atoms with Crippen LogP contribution in [0.5, 0.6) is 0 Å². The Labute approximate surface area is 281 Å². The summed E-state index contributed by atoms with van der Waals surface area (Å²) in [5.74, 6) is -3.03. The monoisotopic (exact) mass is 669 g/mol. The van der Waals surface area contributed by atoms with Crippen LogP contribution in [0.2, 0.25) is 0 Å². The Morgan fingerprint density at radius 1 is 0.917 bits per heavy atom. The number of amides is 4. The highest BCUT2D eigenvalue weighted by molar-refractivity contribution is 6.09. The van der Waals surface area contributed by atoms with Gasteiger partial charge in [0.05, 0.1) is 44.4 Å². The van der Waals surface area contributed by atoms with E-state index in [9.17, 15) is 39.3 Å². The van der Waals surface area contributed by atoms with E-state index in [0.717, 1.165) is 42.7 Å². The largest absolute Gasteiger partial charge is 0.394 e. The number of hydrogen-bond donors (Lipinski definition) is 8. The van der Waals surface area contributed by atoms with Gasteiger partial charge in [-0.1, -0.05) is 76.5 Å². The fraction of sp³-hybridized carbons (Fsp3) is 0.514. The number of carbonyl (C=O) groups excluding carboxylic acids is 5. The summed E-state index contributed by atoms with van der Waals surface area (Å²) in [5.41, 5.74) is 1.24. The second-order valence-electron chi connectivity index (χ2n) is 12.0. The minimum absolute atomic E-state index is 0.0735. The maximum absolute atomic E-state index is 13.0. The first-order chi connectivity index (χ1) is 23.0. The lowest BCUT2D eigenvalue weighted by molar-refractivity contribution is -0.132. The van der Waals surface area contributed by atoms with Crippen molar-refractivity contribution in [3.63, 3.8) is 0 Å². The number of allylic oxidation sites excluding steroid dienone is 1. The first-order valence-corrected chi connectivity index (χ1v) is 16.5. The third-order valence-electron chi connectivity index (χ3n) is 7.68. The topological polar surface area (TPSA) is 210 Å². The zero-order valence-electron chi connectivity index (χ0n) is 28.0. The van der Waals surface area contributed by atoms with Gasteiger partial charge in [-0.25, -0.2) is 0 Å². The second kappa shape index (κ2) is 21.5. The molecule has 8 N–H and O–H groups in total. The van der Waals surface area contributed by atoms with Crippen molar-refractivity contribution >= 4 is 40.3 Å². The first-order valence-electron chi connectivity index (χ1n) is 16.5. The number of aromatic amines is 1. The predicted octanol–water partition coefficient (Wildman–Crippen LogP) is 1.79. The highest BCUT2D eigenvalue weighted by Gasteiger charge is 2.28. The SMILES string of the molecule is CCCCCCC=CCC(=O)NC(CO)C(O)CC(=O)NC(C(=O)NC(C=CC(=O)NCC(=O)c1c[nH]c2ccccc12)CO)C(C)C. The average molecular weight is 670 g/mol. The lowest BCUT2D eigenvalue weighted by Gasteiger charge is -2.26. The van der Waals surface area contributed by atoms with Crippen LogP contribution in [0.3, 0.4) is 0 Å². The number of aliphatic hydroxyl groups excluding tert-OH is 3. The lowest BCUT2D eigenvalue weighted by Crippen LogP contribution is -2.54. The Balaban J connectivity index is 1.84. The second-order valence-corrected chi connectivity index (χ2v) is 12.0. The number of ketones is 1. The number of para-hydroxylation sites is 1. The van der Waals surface area contributed by atoms with Crippen LogP contribution in [0.25, 0.3) is 10.9 Å². The van der Waals surface area contributed by atoms with Gasteiger partial charge in [0, 0.05) is 35.2 Å². The number of fused-ring (bicyclic) bond motifs is 1. The molecule has 264 valence electrons. The van der Waals surface area contributed by atoms with E-state index in [1.165, 1.54) is 12.5 Å². The van der Waals surface area contributed by atoms with Crippen LogP contribution in [-0.2, 0) is 19.2 Å². The Morgan fingerprint density at radius 2 is 1.67 bits per heavy atom. The molecule has 1 aromatic carbocycles. The summed E-state index contributed by atoms with van der Waals surface area (Å²) in [5, 5.41) is 40.9. The summed E-state index contributed by atoms with van der Waals surface area (Å²) in [6.07, 6.45) is 11.1. The Hall–Kier alpha value is -4.33. The summed E-state index contributed by atoms with van der Waals surface area (Å²) in [6.45, 7) is 4.12. The van der Waals surface area contributed by atoms with Crippen molar-refractivity contribution in [1.29, 1.82) is 0 Å². The number of rotatable bonds is 22. The highest BCUT2D eigenvalue weighted by Crippen LogP contribution is 2.17. The molecule has 4 unspecified atom stereocenters. The number of benzene rings is 1. The average Bonchev–Trinajstić information content (AvgIpc) is 3.50. The molecule has 1 heterocycles. The van der Waals surface area contributed by atoms with Crippen LogP contribution < -0.4 is 21.3 Å². The van der Waals surface area contributed by atoms with E-state index in [1.807, 2.05) is 24.3 Å². The third kappa shape index (κ3) is 13.8.